The number of aliphatic hydroxyl groups is 1. The number of carbonyl (C=O) groups is 3. The van der Waals surface area contributed by atoms with Gasteiger partial charge >= 0.3 is 12.3 Å². The number of benzene rings is 2. The maximum atomic E-state index is 13.2. The second-order valence-electron chi connectivity index (χ2n) is 7.18. The molecule has 2 aromatic carbocycles. The number of halogens is 3. The van der Waals surface area contributed by atoms with Crippen LogP contribution in [0.3, 0.4) is 0 Å². The number of hydrogen-bond acceptors (Lipinski definition) is 5. The number of nitrogens with one attached hydrogen (secondary N) is 2. The van der Waals surface area contributed by atoms with Crippen LogP contribution in [-0.4, -0.2) is 41.7 Å². The van der Waals surface area contributed by atoms with Gasteiger partial charge in [-0.1, -0.05) is 48.5 Å². The van der Waals surface area contributed by atoms with Crippen molar-refractivity contribution in [3.63, 3.8) is 0 Å². The molecular weight excluding hydrogens is 443 g/mol. The zero-order chi connectivity index (χ0) is 24.4. The lowest BCUT2D eigenvalue weighted by Gasteiger charge is -2.19. The van der Waals surface area contributed by atoms with E-state index in [0.717, 1.165) is 11.6 Å². The number of alkyl carbamates (subject to hydrolysis) is 1. The second-order valence-corrected chi connectivity index (χ2v) is 7.18. The summed E-state index contributed by atoms with van der Waals surface area (Å²) in [5.74, 6) is -1.85. The number of ether oxygens (including phenoxy) is 1. The number of primary amides is 1. The summed E-state index contributed by atoms with van der Waals surface area (Å²) in [6.45, 7) is -0.303. The molecule has 0 radical (unpaired) electrons. The lowest BCUT2D eigenvalue weighted by atomic mass is 9.99. The van der Waals surface area contributed by atoms with Crippen LogP contribution in [0.25, 0.3) is 0 Å². The van der Waals surface area contributed by atoms with Gasteiger partial charge in [0.25, 0.3) is 0 Å². The molecular formula is C22H24F3N3O5. The molecule has 0 unspecified atom stereocenters. The van der Waals surface area contributed by atoms with E-state index in [9.17, 15) is 32.7 Å². The third-order valence-corrected chi connectivity index (χ3v) is 4.54. The Morgan fingerprint density at radius 2 is 1.67 bits per heavy atom. The molecule has 0 aliphatic heterocycles. The summed E-state index contributed by atoms with van der Waals surface area (Å²) in [6, 6.07) is 12.1. The third kappa shape index (κ3) is 8.81. The highest BCUT2D eigenvalue weighted by molar-refractivity contribution is 5.87. The van der Waals surface area contributed by atoms with Crippen molar-refractivity contribution < 1.29 is 37.4 Å². The summed E-state index contributed by atoms with van der Waals surface area (Å²) in [5.41, 5.74) is 4.84. The van der Waals surface area contributed by atoms with E-state index < -0.39 is 54.6 Å². The van der Waals surface area contributed by atoms with E-state index in [0.29, 0.717) is 0 Å². The fourth-order valence-corrected chi connectivity index (χ4v) is 2.93. The molecule has 0 spiro atoms. The van der Waals surface area contributed by atoms with Gasteiger partial charge in [-0.05, 0) is 17.2 Å². The van der Waals surface area contributed by atoms with Crippen molar-refractivity contribution in [3.8, 4) is 0 Å². The number of amides is 3. The first-order valence-corrected chi connectivity index (χ1v) is 9.92. The van der Waals surface area contributed by atoms with Crippen molar-refractivity contribution in [1.29, 1.82) is 0 Å². The molecule has 0 fully saturated rings. The van der Waals surface area contributed by atoms with Crippen molar-refractivity contribution in [2.45, 2.75) is 37.8 Å². The summed E-state index contributed by atoms with van der Waals surface area (Å²) in [6.07, 6.45) is -7.78. The Morgan fingerprint density at radius 1 is 1.03 bits per heavy atom. The minimum Gasteiger partial charge on any atom is -0.445 e. The molecule has 2 atom stereocenters. The van der Waals surface area contributed by atoms with E-state index >= 15 is 0 Å². The molecule has 0 bridgehead atoms. The molecule has 5 N–H and O–H groups in total. The maximum absolute atomic E-state index is 13.2. The van der Waals surface area contributed by atoms with E-state index in [1.807, 2.05) is 6.07 Å². The van der Waals surface area contributed by atoms with E-state index in [1.54, 1.807) is 24.3 Å². The van der Waals surface area contributed by atoms with E-state index in [-0.39, 0.29) is 18.7 Å². The third-order valence-electron chi connectivity index (χ3n) is 4.54. The molecule has 3 amide bonds. The van der Waals surface area contributed by atoms with E-state index in [4.69, 9.17) is 10.5 Å². The quantitative estimate of drug-likeness (QED) is 0.424. The Labute approximate surface area is 187 Å². The predicted molar refractivity (Wildman–Crippen MR) is 112 cm³/mol. The molecule has 0 saturated heterocycles. The van der Waals surface area contributed by atoms with Crippen LogP contribution in [0.15, 0.2) is 54.6 Å². The van der Waals surface area contributed by atoms with Gasteiger partial charge < -0.3 is 26.2 Å². The monoisotopic (exact) mass is 467 g/mol. The highest BCUT2D eigenvalue weighted by Gasteiger charge is 2.34. The fourth-order valence-electron chi connectivity index (χ4n) is 2.93. The Balaban J connectivity index is 1.83. The van der Waals surface area contributed by atoms with Crippen LogP contribution in [0.2, 0.25) is 0 Å². The fraction of sp³-hybridized carbons (Fsp3) is 0.318. The van der Waals surface area contributed by atoms with Gasteiger partial charge in [0, 0.05) is 13.0 Å². The van der Waals surface area contributed by atoms with Gasteiger partial charge in [-0.15, -0.1) is 0 Å². The number of alkyl halides is 3. The molecule has 33 heavy (non-hydrogen) atoms. The summed E-state index contributed by atoms with van der Waals surface area (Å²) >= 11 is 0. The van der Waals surface area contributed by atoms with Gasteiger partial charge in [0.1, 0.15) is 12.6 Å². The largest absolute Gasteiger partial charge is 0.445 e. The minimum atomic E-state index is -4.64. The molecule has 2 aromatic rings. The maximum Gasteiger partial charge on any atom is 0.416 e. The summed E-state index contributed by atoms with van der Waals surface area (Å²) in [7, 11) is 0. The molecule has 2 rings (SSSR count). The van der Waals surface area contributed by atoms with Crippen LogP contribution in [0.1, 0.15) is 23.1 Å². The van der Waals surface area contributed by atoms with Crippen molar-refractivity contribution in [3.05, 3.63) is 71.3 Å². The average Bonchev–Trinajstić information content (AvgIpc) is 2.76. The molecule has 8 nitrogen and oxygen atoms in total. The average molecular weight is 467 g/mol. The topological polar surface area (TPSA) is 131 Å². The van der Waals surface area contributed by atoms with Gasteiger partial charge in [-0.25, -0.2) is 4.79 Å². The van der Waals surface area contributed by atoms with Crippen LogP contribution in [0.4, 0.5) is 18.0 Å². The van der Waals surface area contributed by atoms with Gasteiger partial charge in [-0.2, -0.15) is 13.2 Å². The van der Waals surface area contributed by atoms with Crippen molar-refractivity contribution >= 4 is 17.9 Å². The summed E-state index contributed by atoms with van der Waals surface area (Å²) < 4.78 is 44.4. The molecule has 178 valence electrons. The molecule has 0 aromatic heterocycles. The van der Waals surface area contributed by atoms with Crippen LogP contribution < -0.4 is 16.4 Å². The number of rotatable bonds is 10. The second kappa shape index (κ2) is 11.9. The van der Waals surface area contributed by atoms with Gasteiger partial charge in [0.15, 0.2) is 0 Å². The first-order valence-electron chi connectivity index (χ1n) is 9.92. The van der Waals surface area contributed by atoms with Gasteiger partial charge in [-0.3, -0.25) is 9.59 Å². The number of nitrogens with two attached hydrogens (primary N) is 1. The van der Waals surface area contributed by atoms with Crippen LogP contribution in [0.5, 0.6) is 0 Å². The van der Waals surface area contributed by atoms with Crippen LogP contribution >= 0.6 is 0 Å². The number of aliphatic hydroxyl groups excluding tert-OH is 1. The molecule has 0 saturated carbocycles. The van der Waals surface area contributed by atoms with Crippen LogP contribution in [-0.2, 0) is 33.5 Å². The van der Waals surface area contributed by atoms with Gasteiger partial charge in [0.2, 0.25) is 11.8 Å². The highest BCUT2D eigenvalue weighted by Crippen LogP contribution is 2.32. The SMILES string of the molecule is NC(=O)[C@H](Cc1ccccc1C(F)(F)F)NC(=O)C[C@@H](O)CNC(=O)OCc1ccccc1. The lowest BCUT2D eigenvalue weighted by molar-refractivity contribution is -0.138. The smallest absolute Gasteiger partial charge is 0.416 e. The standard InChI is InChI=1S/C22H24F3N3O5/c23-22(24,25)17-9-5-4-8-15(17)10-18(20(26)31)28-19(30)11-16(29)12-27-21(32)33-13-14-6-2-1-3-7-14/h1-9,16,18,29H,10-13H2,(H2,26,31)(H,27,32)(H,28,30)/t16-,18+/m1/s1. The zero-order valence-corrected chi connectivity index (χ0v) is 17.5. The van der Waals surface area contributed by atoms with Crippen molar-refractivity contribution in [2.24, 2.45) is 5.73 Å². The highest BCUT2D eigenvalue weighted by atomic mass is 19.4. The number of carbonyl (C=O) groups excluding carboxylic acids is 3. The Kier molecular flexibility index (Phi) is 9.22. The van der Waals surface area contributed by atoms with Crippen molar-refractivity contribution in [2.75, 3.05) is 6.54 Å². The van der Waals surface area contributed by atoms with E-state index in [2.05, 4.69) is 10.6 Å². The molecule has 0 aliphatic rings. The minimum absolute atomic E-state index is 0.0168. The molecule has 0 heterocycles. The molecule has 0 aliphatic carbocycles. The zero-order valence-electron chi connectivity index (χ0n) is 17.5. The van der Waals surface area contributed by atoms with Gasteiger partial charge in [0.05, 0.1) is 18.1 Å². The van der Waals surface area contributed by atoms with Crippen molar-refractivity contribution in [1.82, 2.24) is 10.6 Å². The Hall–Kier alpha value is -3.60. The predicted octanol–water partition coefficient (Wildman–Crippen LogP) is 1.90. The molecule has 11 heteroatoms. The summed E-state index contributed by atoms with van der Waals surface area (Å²) in [5, 5.41) is 14.5. The summed E-state index contributed by atoms with van der Waals surface area (Å²) in [4.78, 5) is 35.5. The Bertz CT molecular complexity index is 954. The number of hydrogen-bond donors (Lipinski definition) is 4. The van der Waals surface area contributed by atoms with E-state index in [1.165, 1.54) is 18.2 Å². The lowest BCUT2D eigenvalue weighted by Crippen LogP contribution is -2.47. The van der Waals surface area contributed by atoms with Crippen LogP contribution in [0, 0.1) is 0 Å². The Morgan fingerprint density at radius 3 is 2.30 bits per heavy atom. The first kappa shape index (κ1) is 25.7. The normalized spacial score (nSPS) is 13.0. The first-order chi connectivity index (χ1) is 15.6.